The van der Waals surface area contributed by atoms with E-state index in [0.29, 0.717) is 13.1 Å². The molecule has 21 heavy (non-hydrogen) atoms. The molecule has 0 radical (unpaired) electrons. The zero-order chi connectivity index (χ0) is 16.0. The van der Waals surface area contributed by atoms with Crippen molar-refractivity contribution in [2.45, 2.75) is 39.3 Å². The average molecular weight is 300 g/mol. The summed E-state index contributed by atoms with van der Waals surface area (Å²) in [5.74, 6) is -1.72. The van der Waals surface area contributed by atoms with Gasteiger partial charge < -0.3 is 15.4 Å². The lowest BCUT2D eigenvalue weighted by atomic mass is 10.1. The number of nitrogens with one attached hydrogen (secondary N) is 2. The maximum atomic E-state index is 13.6. The summed E-state index contributed by atoms with van der Waals surface area (Å²) in [6.45, 7) is 7.80. The van der Waals surface area contributed by atoms with Gasteiger partial charge in [0.2, 0.25) is 0 Å². The zero-order valence-corrected chi connectivity index (χ0v) is 12.8. The average Bonchev–Trinajstić information content (AvgIpc) is 2.35. The first-order chi connectivity index (χ1) is 9.70. The molecular weight excluding hydrogens is 278 g/mol. The SMILES string of the molecule is CC(NCCNC(=O)OC(C)(C)C)c1cccc(F)c1F. The minimum absolute atomic E-state index is 0.257. The van der Waals surface area contributed by atoms with Crippen LogP contribution in [0.3, 0.4) is 0 Å². The van der Waals surface area contributed by atoms with E-state index in [1.54, 1.807) is 27.7 Å². The van der Waals surface area contributed by atoms with Crippen LogP contribution in [0.4, 0.5) is 13.6 Å². The molecule has 1 unspecified atom stereocenters. The molecule has 0 aliphatic heterocycles. The van der Waals surface area contributed by atoms with Crippen molar-refractivity contribution in [1.82, 2.24) is 10.6 Å². The highest BCUT2D eigenvalue weighted by Gasteiger charge is 2.16. The van der Waals surface area contributed by atoms with Crippen LogP contribution in [0.5, 0.6) is 0 Å². The Labute approximate surface area is 123 Å². The lowest BCUT2D eigenvalue weighted by Crippen LogP contribution is -2.37. The normalized spacial score (nSPS) is 12.9. The summed E-state index contributed by atoms with van der Waals surface area (Å²) in [6.07, 6.45) is -0.506. The first kappa shape index (κ1) is 17.4. The van der Waals surface area contributed by atoms with Crippen LogP contribution in [0, 0.1) is 11.6 Å². The second-order valence-electron chi connectivity index (χ2n) is 5.75. The van der Waals surface area contributed by atoms with E-state index in [1.807, 2.05) is 0 Å². The molecule has 0 aromatic heterocycles. The van der Waals surface area contributed by atoms with Gasteiger partial charge in [0.25, 0.3) is 0 Å². The predicted octanol–water partition coefficient (Wildman–Crippen LogP) is 3.14. The molecule has 0 saturated carbocycles. The molecule has 4 nitrogen and oxygen atoms in total. The molecule has 6 heteroatoms. The molecule has 0 aliphatic rings. The Kier molecular flexibility index (Phi) is 6.08. The van der Waals surface area contributed by atoms with Gasteiger partial charge in [-0.2, -0.15) is 0 Å². The van der Waals surface area contributed by atoms with Crippen LogP contribution in [-0.2, 0) is 4.74 Å². The maximum absolute atomic E-state index is 13.6. The monoisotopic (exact) mass is 300 g/mol. The second kappa shape index (κ2) is 7.36. The molecule has 1 aromatic rings. The summed E-state index contributed by atoms with van der Waals surface area (Å²) in [5.41, 5.74) is -0.289. The molecule has 0 spiro atoms. The van der Waals surface area contributed by atoms with Crippen molar-refractivity contribution in [1.29, 1.82) is 0 Å². The third kappa shape index (κ3) is 6.08. The van der Waals surface area contributed by atoms with Crippen LogP contribution >= 0.6 is 0 Å². The zero-order valence-electron chi connectivity index (χ0n) is 12.8. The van der Waals surface area contributed by atoms with E-state index in [1.165, 1.54) is 12.1 Å². The Morgan fingerprint density at radius 3 is 2.57 bits per heavy atom. The molecular formula is C15H22F2N2O2. The lowest BCUT2D eigenvalue weighted by Gasteiger charge is -2.20. The molecule has 118 valence electrons. The van der Waals surface area contributed by atoms with E-state index in [-0.39, 0.29) is 11.6 Å². The topological polar surface area (TPSA) is 50.4 Å². The van der Waals surface area contributed by atoms with Gasteiger partial charge in [-0.15, -0.1) is 0 Å². The van der Waals surface area contributed by atoms with Crippen molar-refractivity contribution in [3.05, 3.63) is 35.4 Å². The second-order valence-corrected chi connectivity index (χ2v) is 5.75. The number of rotatable bonds is 5. The fourth-order valence-electron chi connectivity index (χ4n) is 1.73. The number of alkyl carbamates (subject to hydrolysis) is 1. The Hall–Kier alpha value is -1.69. The van der Waals surface area contributed by atoms with Crippen molar-refractivity contribution < 1.29 is 18.3 Å². The van der Waals surface area contributed by atoms with Gasteiger partial charge in [0, 0.05) is 24.7 Å². The minimum atomic E-state index is -0.868. The first-order valence-electron chi connectivity index (χ1n) is 6.85. The quantitative estimate of drug-likeness (QED) is 0.821. The van der Waals surface area contributed by atoms with Gasteiger partial charge in [0.05, 0.1) is 0 Å². The molecule has 1 atom stereocenters. The first-order valence-corrected chi connectivity index (χ1v) is 6.85. The smallest absolute Gasteiger partial charge is 0.407 e. The Morgan fingerprint density at radius 1 is 1.29 bits per heavy atom. The van der Waals surface area contributed by atoms with E-state index >= 15 is 0 Å². The van der Waals surface area contributed by atoms with Gasteiger partial charge >= 0.3 is 6.09 Å². The van der Waals surface area contributed by atoms with Crippen molar-refractivity contribution >= 4 is 6.09 Å². The van der Waals surface area contributed by atoms with Gasteiger partial charge in [0.1, 0.15) is 5.60 Å². The molecule has 0 heterocycles. The molecule has 0 fully saturated rings. The Balaban J connectivity index is 2.36. The highest BCUT2D eigenvalue weighted by atomic mass is 19.2. The van der Waals surface area contributed by atoms with Crippen LogP contribution < -0.4 is 10.6 Å². The van der Waals surface area contributed by atoms with E-state index in [4.69, 9.17) is 4.74 Å². The number of hydrogen-bond donors (Lipinski definition) is 2. The van der Waals surface area contributed by atoms with E-state index in [9.17, 15) is 13.6 Å². The molecule has 0 aliphatic carbocycles. The fraction of sp³-hybridized carbons (Fsp3) is 0.533. The molecule has 1 aromatic carbocycles. The summed E-state index contributed by atoms with van der Waals surface area (Å²) in [6, 6.07) is 3.71. The molecule has 2 N–H and O–H groups in total. The van der Waals surface area contributed by atoms with Crippen molar-refractivity contribution in [3.63, 3.8) is 0 Å². The number of halogens is 2. The summed E-state index contributed by atoms with van der Waals surface area (Å²) in [7, 11) is 0. The van der Waals surface area contributed by atoms with Gasteiger partial charge in [-0.25, -0.2) is 13.6 Å². The Morgan fingerprint density at radius 2 is 1.95 bits per heavy atom. The van der Waals surface area contributed by atoms with Gasteiger partial charge in [-0.1, -0.05) is 12.1 Å². The van der Waals surface area contributed by atoms with E-state index in [0.717, 1.165) is 6.07 Å². The summed E-state index contributed by atoms with van der Waals surface area (Å²) >= 11 is 0. The van der Waals surface area contributed by atoms with Crippen LogP contribution in [0.1, 0.15) is 39.3 Å². The van der Waals surface area contributed by atoms with Crippen molar-refractivity contribution in [3.8, 4) is 0 Å². The predicted molar refractivity (Wildman–Crippen MR) is 77.0 cm³/mol. The van der Waals surface area contributed by atoms with Crippen LogP contribution in [0.2, 0.25) is 0 Å². The number of carbonyl (C=O) groups excluding carboxylic acids is 1. The number of carbonyl (C=O) groups is 1. The number of ether oxygens (including phenoxy) is 1. The maximum Gasteiger partial charge on any atom is 0.407 e. The van der Waals surface area contributed by atoms with Crippen LogP contribution in [0.25, 0.3) is 0 Å². The summed E-state index contributed by atoms with van der Waals surface area (Å²) in [4.78, 5) is 11.4. The minimum Gasteiger partial charge on any atom is -0.444 e. The van der Waals surface area contributed by atoms with Crippen LogP contribution in [-0.4, -0.2) is 24.8 Å². The third-order valence-corrected chi connectivity index (χ3v) is 2.69. The highest BCUT2D eigenvalue weighted by molar-refractivity contribution is 5.67. The van der Waals surface area contributed by atoms with E-state index in [2.05, 4.69) is 10.6 Å². The fourth-order valence-corrected chi connectivity index (χ4v) is 1.73. The standard InChI is InChI=1S/C15H22F2N2O2/c1-10(11-6-5-7-12(16)13(11)17)18-8-9-19-14(20)21-15(2,3)4/h5-7,10,18H,8-9H2,1-4H3,(H,19,20). The lowest BCUT2D eigenvalue weighted by molar-refractivity contribution is 0.0528. The van der Waals surface area contributed by atoms with Gasteiger partial charge in [-0.05, 0) is 33.8 Å². The van der Waals surface area contributed by atoms with Crippen LogP contribution in [0.15, 0.2) is 18.2 Å². The number of benzene rings is 1. The number of hydrogen-bond acceptors (Lipinski definition) is 3. The van der Waals surface area contributed by atoms with E-state index < -0.39 is 23.3 Å². The molecule has 0 saturated heterocycles. The highest BCUT2D eigenvalue weighted by Crippen LogP contribution is 2.18. The summed E-state index contributed by atoms with van der Waals surface area (Å²) in [5, 5.41) is 5.59. The third-order valence-electron chi connectivity index (χ3n) is 2.69. The molecule has 0 bridgehead atoms. The van der Waals surface area contributed by atoms with Gasteiger partial charge in [0.15, 0.2) is 11.6 Å². The van der Waals surface area contributed by atoms with Crippen molar-refractivity contribution in [2.75, 3.05) is 13.1 Å². The summed E-state index contributed by atoms with van der Waals surface area (Å²) < 4.78 is 31.8. The van der Waals surface area contributed by atoms with Gasteiger partial charge in [-0.3, -0.25) is 0 Å². The molecule has 1 amide bonds. The Bertz CT molecular complexity index is 487. The largest absolute Gasteiger partial charge is 0.444 e. The number of amides is 1. The van der Waals surface area contributed by atoms with Crippen molar-refractivity contribution in [2.24, 2.45) is 0 Å². The molecule has 1 rings (SSSR count).